The van der Waals surface area contributed by atoms with Gasteiger partial charge in [0.2, 0.25) is 0 Å². The number of hydrogen-bond donors (Lipinski definition) is 1. The van der Waals surface area contributed by atoms with Crippen LogP contribution in [0.3, 0.4) is 0 Å². The highest BCUT2D eigenvalue weighted by Crippen LogP contribution is 2.40. The van der Waals surface area contributed by atoms with Crippen LogP contribution in [0.4, 0.5) is 0 Å². The van der Waals surface area contributed by atoms with Gasteiger partial charge in [-0.3, -0.25) is 0 Å². The van der Waals surface area contributed by atoms with Crippen LogP contribution >= 0.6 is 0 Å². The lowest BCUT2D eigenvalue weighted by Gasteiger charge is -2.35. The van der Waals surface area contributed by atoms with Gasteiger partial charge in [-0.15, -0.1) is 0 Å². The Bertz CT molecular complexity index is 424. The van der Waals surface area contributed by atoms with E-state index in [1.165, 1.54) is 49.6 Å². The molecule has 1 aromatic heterocycles. The van der Waals surface area contributed by atoms with Crippen LogP contribution in [-0.4, -0.2) is 20.2 Å². The second kappa shape index (κ2) is 5.24. The highest BCUT2D eigenvalue weighted by molar-refractivity contribution is 4.81. The molecular weight excluding hydrogens is 228 g/mol. The van der Waals surface area contributed by atoms with Crippen molar-refractivity contribution in [3.05, 3.63) is 10.5 Å². The summed E-state index contributed by atoms with van der Waals surface area (Å²) in [4.78, 5) is 11.5. The molecule has 2 aliphatic carbocycles. The Morgan fingerprint density at radius 2 is 1.61 bits per heavy atom. The highest BCUT2D eigenvalue weighted by Gasteiger charge is 2.30. The van der Waals surface area contributed by atoms with Crippen LogP contribution in [0.25, 0.3) is 0 Å². The predicted octanol–water partition coefficient (Wildman–Crippen LogP) is 2.28. The molecule has 1 N–H and O–H groups in total. The summed E-state index contributed by atoms with van der Waals surface area (Å²) in [6.07, 6.45) is 11.8. The molecule has 2 fully saturated rings. The van der Waals surface area contributed by atoms with E-state index >= 15 is 0 Å². The molecule has 0 aliphatic heterocycles. The summed E-state index contributed by atoms with van der Waals surface area (Å²) < 4.78 is 1.54. The van der Waals surface area contributed by atoms with Gasteiger partial charge in [0, 0.05) is 0 Å². The third-order valence-corrected chi connectivity index (χ3v) is 4.90. The van der Waals surface area contributed by atoms with Gasteiger partial charge in [-0.1, -0.05) is 32.1 Å². The van der Waals surface area contributed by atoms with Crippen molar-refractivity contribution in [2.45, 2.75) is 63.8 Å². The highest BCUT2D eigenvalue weighted by atomic mass is 16.2. The van der Waals surface area contributed by atoms with Crippen molar-refractivity contribution in [1.82, 2.24) is 20.2 Å². The van der Waals surface area contributed by atoms with Gasteiger partial charge in [0.25, 0.3) is 0 Å². The number of nitrogens with zero attached hydrogens (tertiary/aromatic N) is 3. The summed E-state index contributed by atoms with van der Waals surface area (Å²) in [7, 11) is 0. The molecule has 2 aliphatic rings. The SMILES string of the molecule is O=c1[nH]nnn1C1CCC(C2CCCCC2)CC1. The molecule has 18 heavy (non-hydrogen) atoms. The first-order valence-electron chi connectivity index (χ1n) is 7.34. The van der Waals surface area contributed by atoms with Crippen molar-refractivity contribution >= 4 is 0 Å². The maximum Gasteiger partial charge on any atom is 0.361 e. The largest absolute Gasteiger partial charge is 0.361 e. The number of hydrogen-bond acceptors (Lipinski definition) is 3. The molecule has 100 valence electrons. The lowest BCUT2D eigenvalue weighted by atomic mass is 9.72. The molecule has 2 saturated carbocycles. The van der Waals surface area contributed by atoms with E-state index in [-0.39, 0.29) is 11.7 Å². The number of rotatable bonds is 2. The van der Waals surface area contributed by atoms with E-state index in [9.17, 15) is 4.79 Å². The van der Waals surface area contributed by atoms with Crippen LogP contribution in [0.15, 0.2) is 4.79 Å². The molecule has 1 aromatic rings. The molecule has 0 amide bonds. The van der Waals surface area contributed by atoms with Gasteiger partial charge in [0.15, 0.2) is 0 Å². The average molecular weight is 250 g/mol. The smallest absolute Gasteiger partial charge is 0.245 e. The Balaban J connectivity index is 1.58. The Labute approximate surface area is 107 Å². The molecule has 3 rings (SSSR count). The molecule has 5 nitrogen and oxygen atoms in total. The third kappa shape index (κ3) is 2.35. The van der Waals surface area contributed by atoms with Gasteiger partial charge in [-0.05, 0) is 47.9 Å². The maximum absolute atomic E-state index is 11.5. The zero-order valence-electron chi connectivity index (χ0n) is 10.8. The van der Waals surface area contributed by atoms with Gasteiger partial charge in [0.1, 0.15) is 0 Å². The minimum absolute atomic E-state index is 0.156. The van der Waals surface area contributed by atoms with E-state index in [4.69, 9.17) is 0 Å². The molecule has 0 spiro atoms. The fourth-order valence-corrected chi connectivity index (χ4v) is 3.87. The normalized spacial score (nSPS) is 30.4. The minimum Gasteiger partial charge on any atom is -0.245 e. The zero-order chi connectivity index (χ0) is 12.4. The molecule has 0 aromatic carbocycles. The van der Waals surface area contributed by atoms with Gasteiger partial charge >= 0.3 is 5.69 Å². The van der Waals surface area contributed by atoms with E-state index in [0.717, 1.165) is 24.7 Å². The van der Waals surface area contributed by atoms with Crippen LogP contribution in [-0.2, 0) is 0 Å². The molecule has 0 radical (unpaired) electrons. The number of aromatic nitrogens is 4. The Morgan fingerprint density at radius 3 is 2.22 bits per heavy atom. The molecule has 0 unspecified atom stereocenters. The number of H-pyrrole nitrogens is 1. The minimum atomic E-state index is -0.156. The molecule has 1 heterocycles. The average Bonchev–Trinajstić information content (AvgIpc) is 2.86. The quantitative estimate of drug-likeness (QED) is 0.875. The van der Waals surface area contributed by atoms with Gasteiger partial charge in [0.05, 0.1) is 6.04 Å². The van der Waals surface area contributed by atoms with Crippen LogP contribution in [0.5, 0.6) is 0 Å². The monoisotopic (exact) mass is 250 g/mol. The van der Waals surface area contributed by atoms with Crippen LogP contribution in [0.1, 0.15) is 63.8 Å². The van der Waals surface area contributed by atoms with Crippen molar-refractivity contribution in [1.29, 1.82) is 0 Å². The summed E-state index contributed by atoms with van der Waals surface area (Å²) in [5, 5.41) is 9.84. The first-order valence-corrected chi connectivity index (χ1v) is 7.34. The second-order valence-corrected chi connectivity index (χ2v) is 5.92. The van der Waals surface area contributed by atoms with Gasteiger partial charge < -0.3 is 0 Å². The molecular formula is C13H22N4O. The van der Waals surface area contributed by atoms with Crippen molar-refractivity contribution in [3.8, 4) is 0 Å². The summed E-state index contributed by atoms with van der Waals surface area (Å²) in [6.45, 7) is 0. The Hall–Kier alpha value is -1.13. The molecule has 0 bridgehead atoms. The number of aromatic amines is 1. The Morgan fingerprint density at radius 1 is 0.944 bits per heavy atom. The van der Waals surface area contributed by atoms with Crippen molar-refractivity contribution in [3.63, 3.8) is 0 Å². The number of tetrazole rings is 1. The van der Waals surface area contributed by atoms with Crippen LogP contribution in [0.2, 0.25) is 0 Å². The second-order valence-electron chi connectivity index (χ2n) is 5.92. The van der Waals surface area contributed by atoms with Crippen LogP contribution in [0, 0.1) is 11.8 Å². The van der Waals surface area contributed by atoms with E-state index in [1.807, 2.05) is 0 Å². The van der Waals surface area contributed by atoms with Crippen molar-refractivity contribution in [2.75, 3.05) is 0 Å². The van der Waals surface area contributed by atoms with E-state index in [0.29, 0.717) is 0 Å². The third-order valence-electron chi connectivity index (χ3n) is 4.90. The Kier molecular flexibility index (Phi) is 3.48. The lowest BCUT2D eigenvalue weighted by molar-refractivity contribution is 0.162. The fraction of sp³-hybridized carbons (Fsp3) is 0.923. The van der Waals surface area contributed by atoms with Crippen molar-refractivity contribution in [2.24, 2.45) is 11.8 Å². The maximum atomic E-state index is 11.5. The zero-order valence-corrected chi connectivity index (χ0v) is 10.8. The predicted molar refractivity (Wildman–Crippen MR) is 68.2 cm³/mol. The fourth-order valence-electron chi connectivity index (χ4n) is 3.87. The van der Waals surface area contributed by atoms with Crippen LogP contribution < -0.4 is 5.69 Å². The summed E-state index contributed by atoms with van der Waals surface area (Å²) >= 11 is 0. The van der Waals surface area contributed by atoms with E-state index in [1.54, 1.807) is 0 Å². The summed E-state index contributed by atoms with van der Waals surface area (Å²) in [5.74, 6) is 1.85. The van der Waals surface area contributed by atoms with Crippen molar-refractivity contribution < 1.29 is 0 Å². The topological polar surface area (TPSA) is 63.6 Å². The van der Waals surface area contributed by atoms with Gasteiger partial charge in [-0.2, -0.15) is 4.68 Å². The number of nitrogens with one attached hydrogen (secondary N) is 1. The van der Waals surface area contributed by atoms with E-state index < -0.39 is 0 Å². The molecule has 5 heteroatoms. The first kappa shape index (κ1) is 11.9. The standard InChI is InChI=1S/C13H22N4O/c18-13-14-15-16-17(13)12-8-6-11(7-9-12)10-4-2-1-3-5-10/h10-12H,1-9H2,(H,14,16,18). The summed E-state index contributed by atoms with van der Waals surface area (Å²) in [6, 6.07) is 0.274. The molecule has 0 saturated heterocycles. The van der Waals surface area contributed by atoms with E-state index in [2.05, 4.69) is 15.5 Å². The summed E-state index contributed by atoms with van der Waals surface area (Å²) in [5.41, 5.74) is -0.156. The molecule has 0 atom stereocenters. The van der Waals surface area contributed by atoms with Gasteiger partial charge in [-0.25, -0.2) is 9.89 Å². The lowest BCUT2D eigenvalue weighted by Crippen LogP contribution is -2.29. The first-order chi connectivity index (χ1) is 8.84.